The van der Waals surface area contributed by atoms with Crippen molar-refractivity contribution in [2.75, 3.05) is 6.54 Å². The van der Waals surface area contributed by atoms with Gasteiger partial charge in [0.2, 0.25) is 0 Å². The molecule has 0 bridgehead atoms. The van der Waals surface area contributed by atoms with Crippen molar-refractivity contribution < 1.29 is 19.4 Å². The third-order valence-corrected chi connectivity index (χ3v) is 2.11. The lowest BCUT2D eigenvalue weighted by Gasteiger charge is -2.12. The van der Waals surface area contributed by atoms with Crippen LogP contribution in [-0.4, -0.2) is 29.6 Å². The summed E-state index contributed by atoms with van der Waals surface area (Å²) < 4.78 is 4.96. The first-order valence-electron chi connectivity index (χ1n) is 5.32. The van der Waals surface area contributed by atoms with Crippen molar-refractivity contribution in [3.8, 4) is 5.75 Å². The maximum absolute atomic E-state index is 11.6. The lowest BCUT2D eigenvalue weighted by atomic mass is 10.2. The Morgan fingerprint density at radius 1 is 1.35 bits per heavy atom. The van der Waals surface area contributed by atoms with Crippen LogP contribution < -0.4 is 5.32 Å². The number of hydrogen-bond acceptors (Lipinski definition) is 4. The van der Waals surface area contributed by atoms with Gasteiger partial charge in [-0.2, -0.15) is 0 Å². The van der Waals surface area contributed by atoms with Gasteiger partial charge in [0.25, 0.3) is 5.91 Å². The highest BCUT2D eigenvalue weighted by Gasteiger charge is 2.17. The maximum atomic E-state index is 11.6. The van der Waals surface area contributed by atoms with Gasteiger partial charge in [-0.05, 0) is 38.1 Å². The summed E-state index contributed by atoms with van der Waals surface area (Å²) in [5.41, 5.74) is 0.291. The van der Waals surface area contributed by atoms with Crippen LogP contribution in [0.4, 0.5) is 0 Å². The Bertz CT molecular complexity index is 399. The van der Waals surface area contributed by atoms with Gasteiger partial charge in [0.15, 0.2) is 6.10 Å². The zero-order valence-corrected chi connectivity index (χ0v) is 9.77. The number of carbonyl (C=O) groups excluding carboxylic acids is 2. The summed E-state index contributed by atoms with van der Waals surface area (Å²) in [6.45, 7) is 3.77. The van der Waals surface area contributed by atoms with Gasteiger partial charge in [-0.15, -0.1) is 0 Å². The van der Waals surface area contributed by atoms with Crippen LogP contribution in [0.25, 0.3) is 0 Å². The molecule has 1 amide bonds. The van der Waals surface area contributed by atoms with Crippen LogP contribution >= 0.6 is 0 Å². The third kappa shape index (κ3) is 3.79. The number of phenols is 1. The normalized spacial score (nSPS) is 11.6. The molecule has 17 heavy (non-hydrogen) atoms. The second kappa shape index (κ2) is 5.89. The van der Waals surface area contributed by atoms with Gasteiger partial charge in [-0.3, -0.25) is 4.79 Å². The second-order valence-electron chi connectivity index (χ2n) is 3.49. The molecular weight excluding hydrogens is 222 g/mol. The van der Waals surface area contributed by atoms with Crippen LogP contribution in [0.15, 0.2) is 24.3 Å². The number of nitrogens with one attached hydrogen (secondary N) is 1. The largest absolute Gasteiger partial charge is 0.508 e. The molecule has 0 aliphatic heterocycles. The van der Waals surface area contributed by atoms with Crippen molar-refractivity contribution in [1.82, 2.24) is 5.32 Å². The molecule has 0 radical (unpaired) electrons. The molecule has 0 saturated heterocycles. The molecule has 0 spiro atoms. The lowest BCUT2D eigenvalue weighted by Crippen LogP contribution is -2.35. The number of amides is 1. The van der Waals surface area contributed by atoms with Crippen LogP contribution in [0.1, 0.15) is 24.2 Å². The quantitative estimate of drug-likeness (QED) is 0.768. The van der Waals surface area contributed by atoms with Crippen molar-refractivity contribution in [1.29, 1.82) is 0 Å². The second-order valence-corrected chi connectivity index (χ2v) is 3.49. The predicted molar refractivity (Wildman–Crippen MR) is 61.7 cm³/mol. The van der Waals surface area contributed by atoms with Crippen LogP contribution in [0.2, 0.25) is 0 Å². The number of hydrogen-bond donors (Lipinski definition) is 2. The Kier molecular flexibility index (Phi) is 4.51. The summed E-state index contributed by atoms with van der Waals surface area (Å²) in [6, 6.07) is 5.63. The van der Waals surface area contributed by atoms with Crippen LogP contribution in [0.3, 0.4) is 0 Å². The van der Waals surface area contributed by atoms with E-state index in [0.717, 1.165) is 0 Å². The number of likely N-dealkylation sites (N-methyl/N-ethyl adjacent to an activating group) is 1. The summed E-state index contributed by atoms with van der Waals surface area (Å²) in [4.78, 5) is 22.9. The lowest BCUT2D eigenvalue weighted by molar-refractivity contribution is -0.128. The van der Waals surface area contributed by atoms with Gasteiger partial charge in [0.05, 0.1) is 5.56 Å². The monoisotopic (exact) mass is 237 g/mol. The number of benzene rings is 1. The summed E-state index contributed by atoms with van der Waals surface area (Å²) >= 11 is 0. The van der Waals surface area contributed by atoms with Crippen molar-refractivity contribution in [2.45, 2.75) is 20.0 Å². The highest BCUT2D eigenvalue weighted by Crippen LogP contribution is 2.11. The molecule has 1 aromatic rings. The number of ether oxygens (including phenoxy) is 1. The van der Waals surface area contributed by atoms with Gasteiger partial charge >= 0.3 is 5.97 Å². The van der Waals surface area contributed by atoms with Crippen LogP contribution in [0.5, 0.6) is 5.75 Å². The Labute approximate surface area is 99.4 Å². The van der Waals surface area contributed by atoms with E-state index in [1.165, 1.54) is 31.2 Å². The Morgan fingerprint density at radius 2 is 1.94 bits per heavy atom. The average molecular weight is 237 g/mol. The summed E-state index contributed by atoms with van der Waals surface area (Å²) in [7, 11) is 0. The first kappa shape index (κ1) is 13.0. The minimum atomic E-state index is -0.837. The standard InChI is InChI=1S/C12H15NO4/c1-3-13-11(15)8(2)17-12(16)9-4-6-10(14)7-5-9/h4-8,14H,3H2,1-2H3,(H,13,15)/t8-/m1/s1. The van der Waals surface area contributed by atoms with E-state index in [-0.39, 0.29) is 11.7 Å². The topological polar surface area (TPSA) is 75.6 Å². The zero-order chi connectivity index (χ0) is 12.8. The van der Waals surface area contributed by atoms with E-state index in [9.17, 15) is 9.59 Å². The van der Waals surface area contributed by atoms with Crippen LogP contribution in [-0.2, 0) is 9.53 Å². The molecule has 0 saturated carbocycles. The molecule has 0 fully saturated rings. The minimum absolute atomic E-state index is 0.0679. The van der Waals surface area contributed by atoms with E-state index in [2.05, 4.69) is 5.32 Å². The first-order valence-corrected chi connectivity index (χ1v) is 5.32. The molecule has 1 atom stereocenters. The number of aromatic hydroxyl groups is 1. The molecule has 0 aliphatic rings. The minimum Gasteiger partial charge on any atom is -0.508 e. The third-order valence-electron chi connectivity index (χ3n) is 2.11. The molecule has 5 heteroatoms. The van der Waals surface area contributed by atoms with Crippen molar-refractivity contribution >= 4 is 11.9 Å². The van der Waals surface area contributed by atoms with Crippen molar-refractivity contribution in [3.63, 3.8) is 0 Å². The van der Waals surface area contributed by atoms with Crippen molar-refractivity contribution in [2.24, 2.45) is 0 Å². The Morgan fingerprint density at radius 3 is 2.47 bits per heavy atom. The molecule has 0 heterocycles. The fourth-order valence-electron chi connectivity index (χ4n) is 1.20. The average Bonchev–Trinajstić information content (AvgIpc) is 2.30. The fraction of sp³-hybridized carbons (Fsp3) is 0.333. The molecular formula is C12H15NO4. The van der Waals surface area contributed by atoms with Crippen LogP contribution in [0, 0.1) is 0 Å². The van der Waals surface area contributed by atoms with Gasteiger partial charge < -0.3 is 15.2 Å². The van der Waals surface area contributed by atoms with Crippen molar-refractivity contribution in [3.05, 3.63) is 29.8 Å². The number of phenolic OH excluding ortho intramolecular Hbond substituents is 1. The van der Waals surface area contributed by atoms with E-state index in [4.69, 9.17) is 9.84 Å². The molecule has 1 aromatic carbocycles. The highest BCUT2D eigenvalue weighted by atomic mass is 16.5. The van der Waals surface area contributed by atoms with Gasteiger partial charge in [0.1, 0.15) is 5.75 Å². The SMILES string of the molecule is CCNC(=O)[C@@H](C)OC(=O)c1ccc(O)cc1. The van der Waals surface area contributed by atoms with Gasteiger partial charge in [-0.25, -0.2) is 4.79 Å². The smallest absolute Gasteiger partial charge is 0.338 e. The molecule has 0 unspecified atom stereocenters. The summed E-state index contributed by atoms with van der Waals surface area (Å²) in [5.74, 6) is -0.860. The first-order chi connectivity index (χ1) is 8.04. The van der Waals surface area contributed by atoms with E-state index >= 15 is 0 Å². The molecule has 92 valence electrons. The summed E-state index contributed by atoms with van der Waals surface area (Å²) in [5, 5.41) is 11.6. The molecule has 1 rings (SSSR count). The van der Waals surface area contributed by atoms with Gasteiger partial charge in [-0.1, -0.05) is 0 Å². The van der Waals surface area contributed by atoms with E-state index < -0.39 is 12.1 Å². The van der Waals surface area contributed by atoms with E-state index in [1.54, 1.807) is 6.92 Å². The summed E-state index contributed by atoms with van der Waals surface area (Å²) in [6.07, 6.45) is -0.837. The van der Waals surface area contributed by atoms with E-state index in [0.29, 0.717) is 12.1 Å². The molecule has 0 aromatic heterocycles. The van der Waals surface area contributed by atoms with E-state index in [1.807, 2.05) is 0 Å². The highest BCUT2D eigenvalue weighted by molar-refractivity contribution is 5.92. The Hall–Kier alpha value is -2.04. The fourth-order valence-corrected chi connectivity index (χ4v) is 1.20. The predicted octanol–water partition coefficient (Wildman–Crippen LogP) is 1.07. The molecule has 2 N–H and O–H groups in total. The number of carbonyl (C=O) groups is 2. The van der Waals surface area contributed by atoms with Gasteiger partial charge in [0, 0.05) is 6.54 Å². The molecule has 0 aliphatic carbocycles. The molecule has 5 nitrogen and oxygen atoms in total. The Balaban J connectivity index is 2.60. The zero-order valence-electron chi connectivity index (χ0n) is 9.77. The number of esters is 1. The maximum Gasteiger partial charge on any atom is 0.338 e. The number of rotatable bonds is 4.